The molecule has 3 rings (SSSR count). The molecular weight excluding hydrogens is 344 g/mol. The summed E-state index contributed by atoms with van der Waals surface area (Å²) in [7, 11) is -2.04. The van der Waals surface area contributed by atoms with Crippen molar-refractivity contribution in [1.82, 2.24) is 9.71 Å². The van der Waals surface area contributed by atoms with Crippen molar-refractivity contribution < 1.29 is 13.2 Å². The lowest BCUT2D eigenvalue weighted by molar-refractivity contribution is 0.414. The molecule has 1 aromatic carbocycles. The summed E-state index contributed by atoms with van der Waals surface area (Å²) in [6.07, 6.45) is 1.68. The molecule has 2 aromatic heterocycles. The Morgan fingerprint density at radius 2 is 1.96 bits per heavy atom. The van der Waals surface area contributed by atoms with Gasteiger partial charge in [-0.1, -0.05) is 0 Å². The lowest BCUT2D eigenvalue weighted by Gasteiger charge is -2.08. The van der Waals surface area contributed by atoms with Gasteiger partial charge in [0.25, 0.3) is 0 Å². The zero-order valence-corrected chi connectivity index (χ0v) is 14.6. The molecule has 0 saturated heterocycles. The first-order valence-corrected chi connectivity index (χ1v) is 9.62. The number of rotatable bonds is 6. The third-order valence-electron chi connectivity index (χ3n) is 3.48. The second-order valence-electron chi connectivity index (χ2n) is 5.06. The van der Waals surface area contributed by atoms with Crippen LogP contribution in [0.3, 0.4) is 0 Å². The summed E-state index contributed by atoms with van der Waals surface area (Å²) in [5.41, 5.74) is 2.71. The van der Waals surface area contributed by atoms with Gasteiger partial charge in [-0.25, -0.2) is 13.1 Å². The van der Waals surface area contributed by atoms with Crippen LogP contribution in [0, 0.1) is 0 Å². The first kappa shape index (κ1) is 16.6. The van der Waals surface area contributed by atoms with Gasteiger partial charge in [0.2, 0.25) is 10.0 Å². The standard InChI is InChI=1S/C17H16N2O3S2/c1-22-15-2-4-16(5-3-15)24(20,21)19-11-13-6-8-18-17(10-13)14-7-9-23-12-14/h2-10,12,19H,11H2,1H3. The average molecular weight is 360 g/mol. The molecule has 0 bridgehead atoms. The van der Waals surface area contributed by atoms with E-state index < -0.39 is 10.0 Å². The molecule has 3 aromatic rings. The molecule has 0 aliphatic heterocycles. The van der Waals surface area contributed by atoms with E-state index in [0.717, 1.165) is 16.8 Å². The predicted octanol–water partition coefficient (Wildman–Crippen LogP) is 3.30. The highest BCUT2D eigenvalue weighted by Gasteiger charge is 2.14. The second-order valence-corrected chi connectivity index (χ2v) is 7.61. The highest BCUT2D eigenvalue weighted by molar-refractivity contribution is 7.89. The van der Waals surface area contributed by atoms with E-state index in [-0.39, 0.29) is 11.4 Å². The molecule has 0 spiro atoms. The van der Waals surface area contributed by atoms with Gasteiger partial charge in [-0.05, 0) is 53.4 Å². The Balaban J connectivity index is 1.73. The zero-order chi connectivity index (χ0) is 17.0. The Bertz CT molecular complexity index is 905. The summed E-state index contributed by atoms with van der Waals surface area (Å²) in [6.45, 7) is 0.202. The SMILES string of the molecule is COc1ccc(S(=O)(=O)NCc2ccnc(-c3ccsc3)c2)cc1. The number of methoxy groups -OCH3 is 1. The van der Waals surface area contributed by atoms with Gasteiger partial charge in [-0.3, -0.25) is 4.98 Å². The molecule has 0 fully saturated rings. The molecular formula is C17H16N2O3S2. The van der Waals surface area contributed by atoms with Gasteiger partial charge < -0.3 is 4.74 Å². The van der Waals surface area contributed by atoms with Gasteiger partial charge in [0.15, 0.2) is 0 Å². The molecule has 7 heteroatoms. The van der Waals surface area contributed by atoms with Gasteiger partial charge in [0, 0.05) is 23.7 Å². The van der Waals surface area contributed by atoms with E-state index in [2.05, 4.69) is 9.71 Å². The number of thiophene rings is 1. The van der Waals surface area contributed by atoms with Crippen LogP contribution in [-0.2, 0) is 16.6 Å². The van der Waals surface area contributed by atoms with Crippen LogP contribution >= 0.6 is 11.3 Å². The lowest BCUT2D eigenvalue weighted by Crippen LogP contribution is -2.23. The van der Waals surface area contributed by atoms with E-state index in [1.165, 1.54) is 19.2 Å². The average Bonchev–Trinajstić information content (AvgIpc) is 3.15. The van der Waals surface area contributed by atoms with Gasteiger partial charge in [-0.2, -0.15) is 11.3 Å². The Morgan fingerprint density at radius 1 is 1.17 bits per heavy atom. The number of aromatic nitrogens is 1. The fourth-order valence-electron chi connectivity index (χ4n) is 2.17. The van der Waals surface area contributed by atoms with E-state index in [1.54, 1.807) is 35.7 Å². The number of hydrogen-bond acceptors (Lipinski definition) is 5. The third kappa shape index (κ3) is 3.81. The number of sulfonamides is 1. The van der Waals surface area contributed by atoms with Crippen LogP contribution in [0.4, 0.5) is 0 Å². The summed E-state index contributed by atoms with van der Waals surface area (Å²) >= 11 is 1.60. The third-order valence-corrected chi connectivity index (χ3v) is 5.58. The highest BCUT2D eigenvalue weighted by atomic mass is 32.2. The molecule has 5 nitrogen and oxygen atoms in total. The number of nitrogens with one attached hydrogen (secondary N) is 1. The fourth-order valence-corrected chi connectivity index (χ4v) is 3.84. The second kappa shape index (κ2) is 7.12. The molecule has 124 valence electrons. The Morgan fingerprint density at radius 3 is 2.62 bits per heavy atom. The van der Waals surface area contributed by atoms with Gasteiger partial charge in [-0.15, -0.1) is 0 Å². The minimum atomic E-state index is -3.57. The van der Waals surface area contributed by atoms with Crippen molar-refractivity contribution in [3.05, 3.63) is 65.0 Å². The fraction of sp³-hybridized carbons (Fsp3) is 0.118. The van der Waals surface area contributed by atoms with Crippen LogP contribution in [0.5, 0.6) is 5.75 Å². The van der Waals surface area contributed by atoms with Crippen LogP contribution in [-0.4, -0.2) is 20.5 Å². The van der Waals surface area contributed by atoms with Crippen molar-refractivity contribution in [2.75, 3.05) is 7.11 Å². The quantitative estimate of drug-likeness (QED) is 0.732. The summed E-state index contributed by atoms with van der Waals surface area (Å²) in [5.74, 6) is 0.614. The first-order chi connectivity index (χ1) is 11.6. The topological polar surface area (TPSA) is 68.3 Å². The summed E-state index contributed by atoms with van der Waals surface area (Å²) in [6, 6.07) is 11.9. The van der Waals surface area contributed by atoms with Crippen LogP contribution in [0.25, 0.3) is 11.3 Å². The minimum Gasteiger partial charge on any atom is -0.497 e. The van der Waals surface area contributed by atoms with Gasteiger partial charge in [0.05, 0.1) is 17.7 Å². The van der Waals surface area contributed by atoms with Crippen LogP contribution in [0.1, 0.15) is 5.56 Å². The van der Waals surface area contributed by atoms with Gasteiger partial charge >= 0.3 is 0 Å². The van der Waals surface area contributed by atoms with Gasteiger partial charge in [0.1, 0.15) is 5.75 Å². The molecule has 0 atom stereocenters. The number of benzene rings is 1. The molecule has 0 radical (unpaired) electrons. The summed E-state index contributed by atoms with van der Waals surface area (Å²) in [5, 5.41) is 3.99. The number of pyridine rings is 1. The van der Waals surface area contributed by atoms with E-state index in [9.17, 15) is 8.42 Å². The van der Waals surface area contributed by atoms with Crippen molar-refractivity contribution in [3.63, 3.8) is 0 Å². The zero-order valence-electron chi connectivity index (χ0n) is 13.0. The lowest BCUT2D eigenvalue weighted by atomic mass is 10.1. The normalized spacial score (nSPS) is 11.4. The van der Waals surface area contributed by atoms with E-state index in [4.69, 9.17) is 4.74 Å². The first-order valence-electron chi connectivity index (χ1n) is 7.20. The van der Waals surface area contributed by atoms with Crippen molar-refractivity contribution in [1.29, 1.82) is 0 Å². The molecule has 0 unspecified atom stereocenters. The van der Waals surface area contributed by atoms with Crippen LogP contribution in [0.15, 0.2) is 64.3 Å². The Kier molecular flexibility index (Phi) is 4.94. The smallest absolute Gasteiger partial charge is 0.240 e. The number of nitrogens with zero attached hydrogens (tertiary/aromatic N) is 1. The maximum atomic E-state index is 12.4. The highest BCUT2D eigenvalue weighted by Crippen LogP contribution is 2.21. The predicted molar refractivity (Wildman–Crippen MR) is 94.6 cm³/mol. The minimum absolute atomic E-state index is 0.202. The van der Waals surface area contributed by atoms with Crippen LogP contribution in [0.2, 0.25) is 0 Å². The molecule has 1 N–H and O–H groups in total. The monoisotopic (exact) mass is 360 g/mol. The molecule has 24 heavy (non-hydrogen) atoms. The summed E-state index contributed by atoms with van der Waals surface area (Å²) < 4.78 is 32.4. The van der Waals surface area contributed by atoms with E-state index in [0.29, 0.717) is 5.75 Å². The molecule has 0 aliphatic rings. The Hall–Kier alpha value is -2.22. The molecule has 2 heterocycles. The van der Waals surface area contributed by atoms with Crippen LogP contribution < -0.4 is 9.46 Å². The maximum Gasteiger partial charge on any atom is 0.240 e. The maximum absolute atomic E-state index is 12.4. The van der Waals surface area contributed by atoms with Crippen molar-refractivity contribution in [2.45, 2.75) is 11.4 Å². The molecule has 0 amide bonds. The molecule has 0 saturated carbocycles. The van der Waals surface area contributed by atoms with E-state index in [1.807, 2.05) is 22.9 Å². The van der Waals surface area contributed by atoms with Crippen molar-refractivity contribution in [2.24, 2.45) is 0 Å². The number of hydrogen-bond donors (Lipinski definition) is 1. The summed E-state index contributed by atoms with van der Waals surface area (Å²) in [4.78, 5) is 4.52. The van der Waals surface area contributed by atoms with Crippen molar-refractivity contribution in [3.8, 4) is 17.0 Å². The largest absolute Gasteiger partial charge is 0.497 e. The number of ether oxygens (including phenoxy) is 1. The Labute approximate surface area is 145 Å². The van der Waals surface area contributed by atoms with Crippen molar-refractivity contribution >= 4 is 21.4 Å². The van der Waals surface area contributed by atoms with E-state index >= 15 is 0 Å². The molecule has 0 aliphatic carbocycles.